The summed E-state index contributed by atoms with van der Waals surface area (Å²) in [6.45, 7) is 0. The molecule has 5 nitrogen and oxygen atoms in total. The summed E-state index contributed by atoms with van der Waals surface area (Å²) < 4.78 is 71.2. The largest absolute Gasteiger partial charge is 0.455 e. The van der Waals surface area contributed by atoms with E-state index in [1.54, 1.807) is 16.7 Å². The van der Waals surface area contributed by atoms with E-state index in [0.717, 1.165) is 72.0 Å². The smallest absolute Gasteiger partial charge is 0.166 e. The molecule has 0 aliphatic heterocycles. The zero-order valence-electron chi connectivity index (χ0n) is 43.2. The van der Waals surface area contributed by atoms with Crippen molar-refractivity contribution in [2.45, 2.75) is 0 Å². The molecule has 0 aliphatic rings. The summed E-state index contributed by atoms with van der Waals surface area (Å²) in [5.74, 6) is 0.979. The fraction of sp³-hybridized carbons (Fsp3) is 0. The molecule has 0 amide bonds. The van der Waals surface area contributed by atoms with Crippen molar-refractivity contribution in [2.75, 3.05) is 0 Å². The van der Waals surface area contributed by atoms with E-state index in [0.29, 0.717) is 28.5 Å². The molecule has 0 bridgehead atoms. The third kappa shape index (κ3) is 6.68. The van der Waals surface area contributed by atoms with Crippen LogP contribution in [0.1, 0.15) is 9.60 Å². The zero-order chi connectivity index (χ0) is 51.1. The molecule has 5 heteroatoms. The van der Waals surface area contributed by atoms with Gasteiger partial charge >= 0.3 is 0 Å². The molecule has 0 spiro atoms. The molecule has 10 aromatic carbocycles. The number of fused-ring (bicyclic) bond motifs is 6. The predicted octanol–water partition coefficient (Wildman–Crippen LogP) is 16.5. The van der Waals surface area contributed by atoms with Gasteiger partial charge in [0.25, 0.3) is 0 Å². The van der Waals surface area contributed by atoms with Crippen LogP contribution in [0.5, 0.6) is 0 Å². The predicted molar refractivity (Wildman–Crippen MR) is 279 cm³/mol. The molecule has 0 saturated carbocycles. The van der Waals surface area contributed by atoms with E-state index in [1.165, 1.54) is 6.07 Å². The number of aromatic nitrogens is 4. The molecule has 0 aliphatic carbocycles. The first kappa shape index (κ1) is 32.5. The van der Waals surface area contributed by atoms with E-state index >= 15 is 0 Å². The van der Waals surface area contributed by atoms with Crippen LogP contribution in [0.4, 0.5) is 0 Å². The molecule has 0 N–H and O–H groups in total. The summed E-state index contributed by atoms with van der Waals surface area (Å²) in [5.41, 5.74) is 11.7. The van der Waals surface area contributed by atoms with E-state index in [-0.39, 0.29) is 57.8 Å². The maximum absolute atomic E-state index is 9.31. The molecule has 68 heavy (non-hydrogen) atoms. The summed E-state index contributed by atoms with van der Waals surface area (Å²) >= 11 is 0. The lowest BCUT2D eigenvalue weighted by atomic mass is 9.91. The highest BCUT2D eigenvalue weighted by Gasteiger charge is 2.23. The third-order valence-electron chi connectivity index (χ3n) is 12.6. The van der Waals surface area contributed by atoms with Gasteiger partial charge in [0, 0.05) is 43.8 Å². The Morgan fingerprint density at radius 3 is 1.71 bits per heavy atom. The Labute approximate surface area is 402 Å². The van der Waals surface area contributed by atoms with Gasteiger partial charge in [-0.05, 0) is 81.4 Å². The van der Waals surface area contributed by atoms with Gasteiger partial charge in [0.1, 0.15) is 11.2 Å². The molecule has 0 saturated heterocycles. The zero-order valence-corrected chi connectivity index (χ0v) is 36.2. The number of hydrogen-bond donors (Lipinski definition) is 0. The Morgan fingerprint density at radius 1 is 0.353 bits per heavy atom. The van der Waals surface area contributed by atoms with Crippen LogP contribution < -0.4 is 0 Å². The lowest BCUT2D eigenvalue weighted by molar-refractivity contribution is 0.670. The molecule has 318 valence electrons. The second kappa shape index (κ2) is 16.4. The minimum atomic E-state index is -0.477. The van der Waals surface area contributed by atoms with Crippen LogP contribution >= 0.6 is 0 Å². The minimum Gasteiger partial charge on any atom is -0.455 e. The van der Waals surface area contributed by atoms with Gasteiger partial charge in [-0.25, -0.2) is 15.0 Å². The Hall–Kier alpha value is -9.19. The average molecular weight is 876 g/mol. The van der Waals surface area contributed by atoms with Gasteiger partial charge < -0.3 is 8.98 Å². The van der Waals surface area contributed by atoms with Gasteiger partial charge in [-0.15, -0.1) is 0 Å². The summed E-state index contributed by atoms with van der Waals surface area (Å²) in [6, 6.07) is 63.4. The van der Waals surface area contributed by atoms with Gasteiger partial charge in [0.2, 0.25) is 0 Å². The first-order valence-corrected chi connectivity index (χ1v) is 22.4. The molecular formula is C63H40N4O. The quantitative estimate of drug-likeness (QED) is 0.153. The number of rotatable bonds is 8. The minimum absolute atomic E-state index is 0.0487. The topological polar surface area (TPSA) is 56.7 Å². The van der Waals surface area contributed by atoms with E-state index in [9.17, 15) is 2.74 Å². The van der Waals surface area contributed by atoms with E-state index < -0.39 is 12.1 Å². The Kier molecular flexibility index (Phi) is 7.81. The lowest BCUT2D eigenvalue weighted by Gasteiger charge is -2.18. The SMILES string of the molecule is [2H]c1cc([2H])c2c(c1[2H])c1c([2H])c([2H])c([2H])c([2H])c1n2-c1ccccc1-c1nc(-c2cccc(-c3cccc4c3oc3ccc(-c5ccccc5)cc34)c2)nc(-c2c(-c3ccccc3)cccc2-c2ccccc2)n1. The van der Waals surface area contributed by atoms with Gasteiger partial charge in [0.15, 0.2) is 17.5 Å². The number of benzene rings is 10. The molecule has 13 rings (SSSR count). The average Bonchev–Trinajstić information content (AvgIpc) is 4.15. The summed E-state index contributed by atoms with van der Waals surface area (Å²) in [4.78, 5) is 16.1. The first-order chi connectivity index (χ1) is 36.6. The van der Waals surface area contributed by atoms with Crippen molar-refractivity contribution in [3.05, 3.63) is 242 Å². The van der Waals surface area contributed by atoms with Crippen molar-refractivity contribution in [1.29, 1.82) is 0 Å². The van der Waals surface area contributed by atoms with Crippen LogP contribution in [0.25, 0.3) is 128 Å². The first-order valence-electron chi connectivity index (χ1n) is 25.9. The standard InChI is InChI=1S/C63H40N4O/c1-4-19-41(20-5-1)44-37-38-58-54(40-44)52-33-18-32-49(60(52)68-58)45-25-16-26-46(39-45)61-64-62(53-29-12-15-36-57(53)67-55-34-13-10-27-50(55)51-28-11-14-35-56(51)67)66-63(65-61)59-47(42-21-6-2-7-22-42)30-17-31-48(59)43-23-8-3-9-24-43/h1-40H/i10D,11D,13D,27D,28D,34D,35D. The summed E-state index contributed by atoms with van der Waals surface area (Å²) in [6.07, 6.45) is 0. The molecule has 0 atom stereocenters. The van der Waals surface area contributed by atoms with Gasteiger partial charge in [-0.3, -0.25) is 0 Å². The molecule has 13 aromatic rings. The van der Waals surface area contributed by atoms with Crippen molar-refractivity contribution in [1.82, 2.24) is 19.5 Å². The van der Waals surface area contributed by atoms with Gasteiger partial charge in [0.05, 0.1) is 26.3 Å². The van der Waals surface area contributed by atoms with Gasteiger partial charge in [-0.1, -0.05) is 200 Å². The fourth-order valence-corrected chi connectivity index (χ4v) is 9.48. The van der Waals surface area contributed by atoms with E-state index in [2.05, 4.69) is 78.9 Å². The number of furan rings is 1. The maximum Gasteiger partial charge on any atom is 0.166 e. The highest BCUT2D eigenvalue weighted by molar-refractivity contribution is 6.11. The van der Waals surface area contributed by atoms with Crippen molar-refractivity contribution < 1.29 is 14.0 Å². The van der Waals surface area contributed by atoms with Crippen molar-refractivity contribution in [3.8, 4) is 84.4 Å². The van der Waals surface area contributed by atoms with Crippen LogP contribution in [0.2, 0.25) is 0 Å². The maximum atomic E-state index is 9.31. The summed E-state index contributed by atoms with van der Waals surface area (Å²) in [5, 5.41) is 2.13. The molecule has 0 fully saturated rings. The highest BCUT2D eigenvalue weighted by Crippen LogP contribution is 2.43. The van der Waals surface area contributed by atoms with Crippen LogP contribution in [-0.4, -0.2) is 19.5 Å². The lowest BCUT2D eigenvalue weighted by Crippen LogP contribution is -2.05. The molecule has 3 heterocycles. The Balaban J connectivity index is 1.08. The molecule has 3 aromatic heterocycles. The van der Waals surface area contributed by atoms with E-state index in [1.807, 2.05) is 103 Å². The van der Waals surface area contributed by atoms with Crippen LogP contribution in [0.15, 0.2) is 247 Å². The molecule has 0 unspecified atom stereocenters. The normalized spacial score (nSPS) is 13.0. The van der Waals surface area contributed by atoms with Crippen LogP contribution in [-0.2, 0) is 0 Å². The number of hydrogen-bond acceptors (Lipinski definition) is 4. The molecular weight excluding hydrogens is 829 g/mol. The van der Waals surface area contributed by atoms with Crippen LogP contribution in [0, 0.1) is 0 Å². The highest BCUT2D eigenvalue weighted by atomic mass is 16.3. The fourth-order valence-electron chi connectivity index (χ4n) is 9.48. The van der Waals surface area contributed by atoms with Crippen molar-refractivity contribution in [3.63, 3.8) is 0 Å². The third-order valence-corrected chi connectivity index (χ3v) is 12.6. The Bertz CT molecular complexity index is 4390. The number of para-hydroxylation sites is 4. The second-order valence-corrected chi connectivity index (χ2v) is 16.6. The summed E-state index contributed by atoms with van der Waals surface area (Å²) in [7, 11) is 0. The van der Waals surface area contributed by atoms with Crippen molar-refractivity contribution >= 4 is 43.7 Å². The molecule has 0 radical (unpaired) electrons. The van der Waals surface area contributed by atoms with Gasteiger partial charge in [-0.2, -0.15) is 0 Å². The van der Waals surface area contributed by atoms with E-state index in [4.69, 9.17) is 26.2 Å². The second-order valence-electron chi connectivity index (χ2n) is 16.6. The Morgan fingerprint density at radius 2 is 0.926 bits per heavy atom. The van der Waals surface area contributed by atoms with Crippen molar-refractivity contribution in [2.24, 2.45) is 0 Å². The monoisotopic (exact) mass is 875 g/mol. The number of nitrogens with zero attached hydrogens (tertiary/aromatic N) is 4. The van der Waals surface area contributed by atoms with Crippen LogP contribution in [0.3, 0.4) is 0 Å².